The summed E-state index contributed by atoms with van der Waals surface area (Å²) >= 11 is 0. The number of rotatable bonds is 5. The van der Waals surface area contributed by atoms with Crippen LogP contribution in [0, 0.1) is 0 Å². The van der Waals surface area contributed by atoms with Gasteiger partial charge < -0.3 is 19.0 Å². The van der Waals surface area contributed by atoms with E-state index in [4.69, 9.17) is 14.6 Å². The molecular weight excluding hydrogens is 296 g/mol. The van der Waals surface area contributed by atoms with Crippen LogP contribution in [0.25, 0.3) is 5.65 Å². The molecule has 0 aliphatic carbocycles. The van der Waals surface area contributed by atoms with Crippen molar-refractivity contribution in [1.82, 2.24) is 9.38 Å². The Labute approximate surface area is 132 Å². The highest BCUT2D eigenvalue weighted by Gasteiger charge is 2.09. The Kier molecular flexibility index (Phi) is 3.89. The van der Waals surface area contributed by atoms with Crippen LogP contribution >= 0.6 is 0 Å². The highest BCUT2D eigenvalue weighted by Crippen LogP contribution is 2.28. The normalized spacial score (nSPS) is 10.7. The minimum atomic E-state index is -0.956. The maximum absolute atomic E-state index is 11.0. The predicted molar refractivity (Wildman–Crippen MR) is 84.5 cm³/mol. The summed E-state index contributed by atoms with van der Waals surface area (Å²) in [7, 11) is 3.19. The van der Waals surface area contributed by atoms with Crippen molar-refractivity contribution in [3.63, 3.8) is 0 Å². The third-order valence-corrected chi connectivity index (χ3v) is 3.58. The van der Waals surface area contributed by atoms with Crippen LogP contribution in [0.4, 0.5) is 0 Å². The van der Waals surface area contributed by atoms with E-state index in [1.807, 2.05) is 24.4 Å². The molecule has 2 heterocycles. The van der Waals surface area contributed by atoms with Crippen molar-refractivity contribution in [3.05, 3.63) is 59.5 Å². The third kappa shape index (κ3) is 2.96. The molecular formula is C17H16N2O4. The largest absolute Gasteiger partial charge is 0.493 e. The summed E-state index contributed by atoms with van der Waals surface area (Å²) < 4.78 is 12.2. The molecule has 1 aromatic carbocycles. The lowest BCUT2D eigenvalue weighted by Crippen LogP contribution is -1.97. The van der Waals surface area contributed by atoms with Gasteiger partial charge in [-0.25, -0.2) is 9.78 Å². The summed E-state index contributed by atoms with van der Waals surface area (Å²) in [6.45, 7) is 0. The fourth-order valence-corrected chi connectivity index (χ4v) is 2.46. The first kappa shape index (κ1) is 14.9. The zero-order chi connectivity index (χ0) is 16.4. The van der Waals surface area contributed by atoms with Gasteiger partial charge >= 0.3 is 5.97 Å². The minimum Gasteiger partial charge on any atom is -0.493 e. The molecule has 0 spiro atoms. The molecule has 0 atom stereocenters. The highest BCUT2D eigenvalue weighted by molar-refractivity contribution is 5.87. The van der Waals surface area contributed by atoms with Crippen molar-refractivity contribution in [2.75, 3.05) is 14.2 Å². The van der Waals surface area contributed by atoms with Gasteiger partial charge in [-0.15, -0.1) is 0 Å². The van der Waals surface area contributed by atoms with Crippen LogP contribution in [-0.4, -0.2) is 34.7 Å². The lowest BCUT2D eigenvalue weighted by molar-refractivity contribution is 0.0696. The van der Waals surface area contributed by atoms with E-state index in [1.165, 1.54) is 0 Å². The van der Waals surface area contributed by atoms with Crippen molar-refractivity contribution in [3.8, 4) is 11.5 Å². The number of hydrogen-bond acceptors (Lipinski definition) is 4. The lowest BCUT2D eigenvalue weighted by Gasteiger charge is -2.08. The molecule has 0 aliphatic rings. The first-order valence-corrected chi connectivity index (χ1v) is 7.02. The van der Waals surface area contributed by atoms with Gasteiger partial charge in [-0.1, -0.05) is 6.07 Å². The maximum atomic E-state index is 11.0. The number of ether oxygens (including phenoxy) is 2. The van der Waals surface area contributed by atoms with Gasteiger partial charge in [-0.2, -0.15) is 0 Å². The van der Waals surface area contributed by atoms with Crippen LogP contribution in [0.1, 0.15) is 21.6 Å². The van der Waals surface area contributed by atoms with Crippen LogP contribution < -0.4 is 9.47 Å². The van der Waals surface area contributed by atoms with Gasteiger partial charge in [0.25, 0.3) is 0 Å². The molecule has 0 radical (unpaired) electrons. The fraction of sp³-hybridized carbons (Fsp3) is 0.176. The monoisotopic (exact) mass is 312 g/mol. The van der Waals surface area contributed by atoms with E-state index in [0.29, 0.717) is 23.6 Å². The van der Waals surface area contributed by atoms with E-state index in [1.54, 1.807) is 36.9 Å². The number of hydrogen-bond donors (Lipinski definition) is 1. The summed E-state index contributed by atoms with van der Waals surface area (Å²) in [4.78, 5) is 15.5. The average Bonchev–Trinajstić information content (AvgIpc) is 2.95. The minimum absolute atomic E-state index is 0.229. The van der Waals surface area contributed by atoms with E-state index >= 15 is 0 Å². The quantitative estimate of drug-likeness (QED) is 0.784. The van der Waals surface area contributed by atoms with Crippen molar-refractivity contribution < 1.29 is 19.4 Å². The van der Waals surface area contributed by atoms with Gasteiger partial charge in [0.2, 0.25) is 0 Å². The van der Waals surface area contributed by atoms with E-state index < -0.39 is 5.97 Å². The number of pyridine rings is 1. The van der Waals surface area contributed by atoms with Crippen molar-refractivity contribution in [2.24, 2.45) is 0 Å². The number of imidazole rings is 1. The molecule has 0 bridgehead atoms. The molecule has 118 valence electrons. The second-order valence-electron chi connectivity index (χ2n) is 5.09. The second kappa shape index (κ2) is 6.00. The molecule has 2 aromatic heterocycles. The number of fused-ring (bicyclic) bond motifs is 1. The maximum Gasteiger partial charge on any atom is 0.337 e. The van der Waals surface area contributed by atoms with Crippen LogP contribution in [0.2, 0.25) is 0 Å². The molecule has 6 nitrogen and oxygen atoms in total. The summed E-state index contributed by atoms with van der Waals surface area (Å²) in [5.41, 5.74) is 2.82. The zero-order valence-electron chi connectivity index (χ0n) is 12.8. The summed E-state index contributed by atoms with van der Waals surface area (Å²) in [5, 5.41) is 9.03. The summed E-state index contributed by atoms with van der Waals surface area (Å²) in [6, 6.07) is 8.96. The Balaban J connectivity index is 1.90. The van der Waals surface area contributed by atoms with Gasteiger partial charge in [0.15, 0.2) is 11.5 Å². The summed E-state index contributed by atoms with van der Waals surface area (Å²) in [6.07, 6.45) is 4.01. The molecule has 3 aromatic rings. The van der Waals surface area contributed by atoms with Crippen LogP contribution in [0.15, 0.2) is 42.7 Å². The Morgan fingerprint density at radius 3 is 2.61 bits per heavy atom. The molecule has 3 rings (SSSR count). The van der Waals surface area contributed by atoms with E-state index in [-0.39, 0.29) is 5.56 Å². The molecule has 0 amide bonds. The van der Waals surface area contributed by atoms with Gasteiger partial charge in [-0.05, 0) is 29.8 Å². The fourth-order valence-electron chi connectivity index (χ4n) is 2.46. The average molecular weight is 312 g/mol. The van der Waals surface area contributed by atoms with Gasteiger partial charge in [0.05, 0.1) is 25.5 Å². The zero-order valence-corrected chi connectivity index (χ0v) is 12.8. The molecule has 0 unspecified atom stereocenters. The first-order valence-electron chi connectivity index (χ1n) is 7.02. The predicted octanol–water partition coefficient (Wildman–Crippen LogP) is 2.64. The van der Waals surface area contributed by atoms with Crippen molar-refractivity contribution >= 4 is 11.6 Å². The number of aromatic nitrogens is 2. The standard InChI is InChI=1S/C17H16N2O4/c1-22-14-5-3-11(8-15(14)23-2)7-13-10-19-9-12(17(20)21)4-6-16(19)18-13/h3-6,8-10H,7H2,1-2H3,(H,20,21). The molecule has 1 N–H and O–H groups in total. The molecule has 0 aliphatic heterocycles. The van der Waals surface area contributed by atoms with Crippen LogP contribution in [0.5, 0.6) is 11.5 Å². The van der Waals surface area contributed by atoms with E-state index in [0.717, 1.165) is 11.3 Å². The van der Waals surface area contributed by atoms with Gasteiger partial charge in [-0.3, -0.25) is 0 Å². The van der Waals surface area contributed by atoms with Gasteiger partial charge in [0.1, 0.15) is 5.65 Å². The molecule has 0 fully saturated rings. The van der Waals surface area contributed by atoms with Crippen LogP contribution in [0.3, 0.4) is 0 Å². The number of methoxy groups -OCH3 is 2. The number of carboxylic acids is 1. The number of benzene rings is 1. The van der Waals surface area contributed by atoms with E-state index in [9.17, 15) is 4.79 Å². The molecule has 6 heteroatoms. The molecule has 0 saturated carbocycles. The number of carbonyl (C=O) groups is 1. The van der Waals surface area contributed by atoms with Crippen LogP contribution in [-0.2, 0) is 6.42 Å². The summed E-state index contributed by atoms with van der Waals surface area (Å²) in [5.74, 6) is 0.390. The Bertz CT molecular complexity index is 870. The topological polar surface area (TPSA) is 73.1 Å². The third-order valence-electron chi connectivity index (χ3n) is 3.58. The smallest absolute Gasteiger partial charge is 0.337 e. The Hall–Kier alpha value is -3.02. The van der Waals surface area contributed by atoms with E-state index in [2.05, 4.69) is 4.98 Å². The SMILES string of the molecule is COc1ccc(Cc2cn3cc(C(=O)O)ccc3n2)cc1OC. The lowest BCUT2D eigenvalue weighted by atomic mass is 10.1. The Morgan fingerprint density at radius 1 is 1.13 bits per heavy atom. The number of carboxylic acid groups (broad SMARTS) is 1. The first-order chi connectivity index (χ1) is 11.1. The highest BCUT2D eigenvalue weighted by atomic mass is 16.5. The second-order valence-corrected chi connectivity index (χ2v) is 5.09. The van der Waals surface area contributed by atoms with Gasteiger partial charge in [0, 0.05) is 18.8 Å². The Morgan fingerprint density at radius 2 is 1.91 bits per heavy atom. The number of nitrogens with zero attached hydrogens (tertiary/aromatic N) is 2. The molecule has 23 heavy (non-hydrogen) atoms. The van der Waals surface area contributed by atoms with Crippen molar-refractivity contribution in [1.29, 1.82) is 0 Å². The number of aromatic carboxylic acids is 1. The molecule has 0 saturated heterocycles. The van der Waals surface area contributed by atoms with Crippen molar-refractivity contribution in [2.45, 2.75) is 6.42 Å².